The molecule has 180 valence electrons. The smallest absolute Gasteiger partial charge is 0.262 e. The molecule has 0 aliphatic carbocycles. The number of fused-ring (bicyclic) bond motifs is 2. The first-order valence-corrected chi connectivity index (χ1v) is 12.5. The van der Waals surface area contributed by atoms with E-state index in [9.17, 15) is 9.59 Å². The van der Waals surface area contributed by atoms with Crippen molar-refractivity contribution in [3.63, 3.8) is 0 Å². The molecular formula is C26H31N3O4S. The monoisotopic (exact) mass is 481 g/mol. The van der Waals surface area contributed by atoms with Crippen LogP contribution in [0.3, 0.4) is 0 Å². The summed E-state index contributed by atoms with van der Waals surface area (Å²) in [6.45, 7) is 6.03. The van der Waals surface area contributed by atoms with Gasteiger partial charge in [-0.05, 0) is 54.2 Å². The summed E-state index contributed by atoms with van der Waals surface area (Å²) in [5, 5.41) is 1.21. The van der Waals surface area contributed by atoms with E-state index in [4.69, 9.17) is 14.5 Å². The lowest BCUT2D eigenvalue weighted by atomic mass is 9.99. The number of thioether (sulfide) groups is 1. The summed E-state index contributed by atoms with van der Waals surface area (Å²) in [7, 11) is 3.24. The van der Waals surface area contributed by atoms with Crippen LogP contribution >= 0.6 is 11.8 Å². The van der Waals surface area contributed by atoms with Crippen molar-refractivity contribution in [2.24, 2.45) is 5.92 Å². The number of nitrogens with zero attached hydrogens (tertiary/aromatic N) is 3. The minimum Gasteiger partial charge on any atom is -0.493 e. The maximum atomic E-state index is 13.2. The van der Waals surface area contributed by atoms with Crippen LogP contribution in [0.4, 0.5) is 0 Å². The molecule has 7 nitrogen and oxygen atoms in total. The van der Waals surface area contributed by atoms with Crippen LogP contribution in [0.25, 0.3) is 10.9 Å². The standard InChI is InChI=1S/C26H31N3O4S/c1-17(2)9-12-29-25(31)20-7-5-6-8-21(20)27-26(29)34-16-24(30)28-11-10-18-13-22(32-3)23(33-4)14-19(18)15-28/h5-8,13-14,17H,9-12,15-16H2,1-4H3. The van der Waals surface area contributed by atoms with Gasteiger partial charge in [-0.3, -0.25) is 14.2 Å². The van der Waals surface area contributed by atoms with Gasteiger partial charge in [0.25, 0.3) is 5.56 Å². The van der Waals surface area contributed by atoms with Gasteiger partial charge < -0.3 is 14.4 Å². The van der Waals surface area contributed by atoms with Crippen LogP contribution in [0.1, 0.15) is 31.4 Å². The number of carbonyl (C=O) groups is 1. The maximum absolute atomic E-state index is 13.2. The van der Waals surface area contributed by atoms with Crippen LogP contribution in [0.2, 0.25) is 0 Å². The molecule has 1 amide bonds. The zero-order chi connectivity index (χ0) is 24.2. The first kappa shape index (κ1) is 24.1. The van der Waals surface area contributed by atoms with E-state index in [0.717, 1.165) is 18.4 Å². The van der Waals surface area contributed by atoms with Crippen molar-refractivity contribution in [2.45, 2.75) is 44.9 Å². The van der Waals surface area contributed by atoms with Crippen LogP contribution in [-0.4, -0.2) is 46.9 Å². The number of carbonyl (C=O) groups excluding carboxylic acids is 1. The molecule has 4 rings (SSSR count). The van der Waals surface area contributed by atoms with Gasteiger partial charge in [0.1, 0.15) is 0 Å². The van der Waals surface area contributed by atoms with Crippen LogP contribution in [-0.2, 0) is 24.3 Å². The van der Waals surface area contributed by atoms with E-state index in [-0.39, 0.29) is 17.2 Å². The van der Waals surface area contributed by atoms with Crippen LogP contribution in [0.15, 0.2) is 46.3 Å². The molecule has 0 unspecified atom stereocenters. The van der Waals surface area contributed by atoms with Crippen molar-refractivity contribution >= 4 is 28.6 Å². The van der Waals surface area contributed by atoms with Crippen molar-refractivity contribution in [1.29, 1.82) is 0 Å². The summed E-state index contributed by atoms with van der Waals surface area (Å²) < 4.78 is 12.6. The molecule has 2 aromatic carbocycles. The van der Waals surface area contributed by atoms with E-state index in [1.807, 2.05) is 41.3 Å². The topological polar surface area (TPSA) is 73.7 Å². The zero-order valence-corrected chi connectivity index (χ0v) is 21.0. The third kappa shape index (κ3) is 5.06. The molecule has 0 spiro atoms. The Hall–Kier alpha value is -3.00. The average molecular weight is 482 g/mol. The SMILES string of the molecule is COc1cc2c(cc1OC)CN(C(=O)CSc1nc3ccccc3c(=O)n1CCC(C)C)CC2. The lowest BCUT2D eigenvalue weighted by molar-refractivity contribution is -0.129. The Morgan fingerprint density at radius 3 is 2.53 bits per heavy atom. The molecule has 0 fully saturated rings. The fourth-order valence-corrected chi connectivity index (χ4v) is 5.08. The van der Waals surface area contributed by atoms with Gasteiger partial charge in [0.15, 0.2) is 16.7 Å². The summed E-state index contributed by atoms with van der Waals surface area (Å²) in [6.07, 6.45) is 1.63. The van der Waals surface area contributed by atoms with Crippen molar-refractivity contribution in [1.82, 2.24) is 14.5 Å². The van der Waals surface area contributed by atoms with Crippen LogP contribution in [0.5, 0.6) is 11.5 Å². The number of amides is 1. The number of aromatic nitrogens is 2. The Balaban J connectivity index is 1.52. The highest BCUT2D eigenvalue weighted by atomic mass is 32.2. The summed E-state index contributed by atoms with van der Waals surface area (Å²) >= 11 is 1.34. The number of hydrogen-bond acceptors (Lipinski definition) is 6. The lowest BCUT2D eigenvalue weighted by Gasteiger charge is -2.29. The van der Waals surface area contributed by atoms with Gasteiger partial charge in [-0.1, -0.05) is 37.7 Å². The molecule has 0 saturated carbocycles. The highest BCUT2D eigenvalue weighted by molar-refractivity contribution is 7.99. The van der Waals surface area contributed by atoms with E-state index >= 15 is 0 Å². The highest BCUT2D eigenvalue weighted by Crippen LogP contribution is 2.33. The molecule has 34 heavy (non-hydrogen) atoms. The van der Waals surface area contributed by atoms with E-state index in [2.05, 4.69) is 13.8 Å². The summed E-state index contributed by atoms with van der Waals surface area (Å²) in [6, 6.07) is 11.3. The molecule has 0 radical (unpaired) electrons. The van der Waals surface area contributed by atoms with Gasteiger partial charge in [-0.15, -0.1) is 0 Å². The Bertz CT molecular complexity index is 1250. The molecule has 0 bridgehead atoms. The van der Waals surface area contributed by atoms with Gasteiger partial charge >= 0.3 is 0 Å². The fourth-order valence-electron chi connectivity index (χ4n) is 4.16. The summed E-state index contributed by atoms with van der Waals surface area (Å²) in [4.78, 5) is 32.9. The van der Waals surface area contributed by atoms with Gasteiger partial charge in [0, 0.05) is 19.6 Å². The number of hydrogen-bond donors (Lipinski definition) is 0. The van der Waals surface area contributed by atoms with E-state index in [0.29, 0.717) is 53.1 Å². The van der Waals surface area contributed by atoms with E-state index in [1.54, 1.807) is 18.8 Å². The average Bonchev–Trinajstić information content (AvgIpc) is 2.85. The Morgan fingerprint density at radius 1 is 1.12 bits per heavy atom. The summed E-state index contributed by atoms with van der Waals surface area (Å²) in [5.41, 5.74) is 2.86. The normalized spacial score (nSPS) is 13.3. The molecule has 0 atom stereocenters. The Kier molecular flexibility index (Phi) is 7.46. The predicted molar refractivity (Wildman–Crippen MR) is 135 cm³/mol. The molecule has 1 aliphatic rings. The first-order valence-electron chi connectivity index (χ1n) is 11.5. The molecular weight excluding hydrogens is 450 g/mol. The van der Waals surface area contributed by atoms with Crippen molar-refractivity contribution in [3.8, 4) is 11.5 Å². The number of benzene rings is 2. The molecule has 1 aromatic heterocycles. The van der Waals surface area contributed by atoms with E-state index < -0.39 is 0 Å². The quantitative estimate of drug-likeness (QED) is 0.356. The van der Waals surface area contributed by atoms with Crippen LogP contribution < -0.4 is 15.0 Å². The maximum Gasteiger partial charge on any atom is 0.262 e. The largest absolute Gasteiger partial charge is 0.493 e. The lowest BCUT2D eigenvalue weighted by Crippen LogP contribution is -2.37. The van der Waals surface area contributed by atoms with Crippen LogP contribution in [0, 0.1) is 5.92 Å². The highest BCUT2D eigenvalue weighted by Gasteiger charge is 2.23. The third-order valence-electron chi connectivity index (χ3n) is 6.15. The number of methoxy groups -OCH3 is 2. The van der Waals surface area contributed by atoms with Gasteiger partial charge in [0.05, 0.1) is 30.9 Å². The summed E-state index contributed by atoms with van der Waals surface area (Å²) in [5.74, 6) is 2.10. The molecule has 0 saturated heterocycles. The zero-order valence-electron chi connectivity index (χ0n) is 20.2. The second kappa shape index (κ2) is 10.5. The number of ether oxygens (including phenoxy) is 2. The second-order valence-electron chi connectivity index (χ2n) is 8.88. The molecule has 0 N–H and O–H groups in total. The van der Waals surface area contributed by atoms with Crippen molar-refractivity contribution < 1.29 is 14.3 Å². The van der Waals surface area contributed by atoms with Gasteiger partial charge in [-0.25, -0.2) is 4.98 Å². The van der Waals surface area contributed by atoms with Gasteiger partial charge in [-0.2, -0.15) is 0 Å². The van der Waals surface area contributed by atoms with Crippen molar-refractivity contribution in [2.75, 3.05) is 26.5 Å². The second-order valence-corrected chi connectivity index (χ2v) is 9.82. The minimum atomic E-state index is -0.0471. The molecule has 1 aliphatic heterocycles. The predicted octanol–water partition coefficient (Wildman–Crippen LogP) is 4.14. The Labute approximate surface area is 204 Å². The number of para-hydroxylation sites is 1. The first-order chi connectivity index (χ1) is 16.4. The van der Waals surface area contributed by atoms with E-state index in [1.165, 1.54) is 17.3 Å². The molecule has 3 aromatic rings. The van der Waals surface area contributed by atoms with Gasteiger partial charge in [0.2, 0.25) is 5.91 Å². The minimum absolute atomic E-state index is 0.0308. The fraction of sp³-hybridized carbons (Fsp3) is 0.423. The van der Waals surface area contributed by atoms with Crippen molar-refractivity contribution in [3.05, 3.63) is 57.9 Å². The third-order valence-corrected chi connectivity index (χ3v) is 7.11. The Morgan fingerprint density at radius 2 is 1.82 bits per heavy atom. The number of rotatable bonds is 8. The molecule has 2 heterocycles. The molecule has 8 heteroatoms.